The zero-order chi connectivity index (χ0) is 14.2. The van der Waals surface area contributed by atoms with Crippen molar-refractivity contribution < 1.29 is 19.5 Å². The first-order valence-electron chi connectivity index (χ1n) is 6.00. The highest BCUT2D eigenvalue weighted by molar-refractivity contribution is 5.94. The van der Waals surface area contributed by atoms with E-state index in [1.54, 1.807) is 0 Å². The number of imide groups is 1. The summed E-state index contributed by atoms with van der Waals surface area (Å²) >= 11 is 0. The first kappa shape index (κ1) is 16.4. The molecule has 0 aromatic heterocycles. The van der Waals surface area contributed by atoms with Crippen molar-refractivity contribution in [2.45, 2.75) is 46.5 Å². The molecule has 0 saturated heterocycles. The van der Waals surface area contributed by atoms with Crippen LogP contribution in [0.1, 0.15) is 46.5 Å². The number of aliphatic carboxylic acids is 1. The van der Waals surface area contributed by atoms with Crippen LogP contribution in [0, 0.1) is 5.41 Å². The number of urea groups is 1. The smallest absolute Gasteiger partial charge is 0.321 e. The van der Waals surface area contributed by atoms with Crippen LogP contribution in [0.25, 0.3) is 0 Å². The molecule has 18 heavy (non-hydrogen) atoms. The van der Waals surface area contributed by atoms with Gasteiger partial charge in [0.1, 0.15) is 0 Å². The summed E-state index contributed by atoms with van der Waals surface area (Å²) < 4.78 is 0. The fourth-order valence-corrected chi connectivity index (χ4v) is 1.18. The van der Waals surface area contributed by atoms with Crippen molar-refractivity contribution in [3.05, 3.63) is 0 Å². The van der Waals surface area contributed by atoms with Crippen molar-refractivity contribution >= 4 is 17.9 Å². The lowest BCUT2D eigenvalue weighted by Gasteiger charge is -2.17. The highest BCUT2D eigenvalue weighted by Crippen LogP contribution is 2.16. The number of nitrogens with one attached hydrogen (secondary N) is 2. The van der Waals surface area contributed by atoms with Gasteiger partial charge in [0.25, 0.3) is 0 Å². The Kier molecular flexibility index (Phi) is 7.00. The fourth-order valence-electron chi connectivity index (χ4n) is 1.18. The topological polar surface area (TPSA) is 95.5 Å². The van der Waals surface area contributed by atoms with Crippen LogP contribution in [-0.2, 0) is 9.59 Å². The Labute approximate surface area is 107 Å². The quantitative estimate of drug-likeness (QED) is 0.672. The standard InChI is InChI=1S/C12H22N2O4/c1-12(2,3)7-8-13-11(18)14-9(15)5-4-6-10(16)17/h4-8H2,1-3H3,(H,16,17)(H2,13,14,15,18). The Morgan fingerprint density at radius 2 is 1.72 bits per heavy atom. The predicted molar refractivity (Wildman–Crippen MR) is 67.1 cm³/mol. The Morgan fingerprint density at radius 3 is 2.22 bits per heavy atom. The maximum Gasteiger partial charge on any atom is 0.321 e. The average molecular weight is 258 g/mol. The molecule has 6 heteroatoms. The van der Waals surface area contributed by atoms with E-state index in [9.17, 15) is 14.4 Å². The van der Waals surface area contributed by atoms with Crippen LogP contribution >= 0.6 is 0 Å². The molecule has 0 radical (unpaired) electrons. The third kappa shape index (κ3) is 10.9. The molecule has 3 N–H and O–H groups in total. The molecule has 0 heterocycles. The molecule has 0 atom stereocenters. The summed E-state index contributed by atoms with van der Waals surface area (Å²) in [4.78, 5) is 32.7. The number of carboxylic acids is 1. The number of carbonyl (C=O) groups excluding carboxylic acids is 2. The van der Waals surface area contributed by atoms with E-state index in [0.717, 1.165) is 6.42 Å². The van der Waals surface area contributed by atoms with E-state index in [0.29, 0.717) is 6.54 Å². The largest absolute Gasteiger partial charge is 0.481 e. The number of rotatable bonds is 6. The maximum atomic E-state index is 11.3. The van der Waals surface area contributed by atoms with E-state index >= 15 is 0 Å². The molecule has 0 spiro atoms. The molecule has 104 valence electrons. The molecule has 0 fully saturated rings. The summed E-state index contributed by atoms with van der Waals surface area (Å²) in [5.74, 6) is -1.40. The van der Waals surface area contributed by atoms with Crippen molar-refractivity contribution in [1.82, 2.24) is 10.6 Å². The van der Waals surface area contributed by atoms with Crippen LogP contribution in [0.5, 0.6) is 0 Å². The van der Waals surface area contributed by atoms with E-state index in [2.05, 4.69) is 31.4 Å². The molecule has 0 aliphatic rings. The Balaban J connectivity index is 3.68. The first-order chi connectivity index (χ1) is 8.20. The van der Waals surface area contributed by atoms with Gasteiger partial charge in [0.15, 0.2) is 0 Å². The minimum atomic E-state index is -0.947. The second-order valence-electron chi connectivity index (χ2n) is 5.36. The third-order valence-corrected chi connectivity index (χ3v) is 2.21. The van der Waals surface area contributed by atoms with E-state index in [-0.39, 0.29) is 24.7 Å². The van der Waals surface area contributed by atoms with Crippen LogP contribution in [0.2, 0.25) is 0 Å². The van der Waals surface area contributed by atoms with Crippen molar-refractivity contribution in [3.8, 4) is 0 Å². The Morgan fingerprint density at radius 1 is 1.11 bits per heavy atom. The third-order valence-electron chi connectivity index (χ3n) is 2.21. The second kappa shape index (κ2) is 7.68. The minimum Gasteiger partial charge on any atom is -0.481 e. The number of hydrogen-bond acceptors (Lipinski definition) is 3. The molecule has 0 aromatic carbocycles. The van der Waals surface area contributed by atoms with Crippen molar-refractivity contribution in [2.24, 2.45) is 5.41 Å². The SMILES string of the molecule is CC(C)(C)CCNC(=O)NC(=O)CCCC(=O)O. The van der Waals surface area contributed by atoms with Gasteiger partial charge in [0, 0.05) is 19.4 Å². The van der Waals surface area contributed by atoms with Gasteiger partial charge in [0.05, 0.1) is 0 Å². The van der Waals surface area contributed by atoms with Gasteiger partial charge >= 0.3 is 12.0 Å². The molecule has 6 nitrogen and oxygen atoms in total. The van der Waals surface area contributed by atoms with Gasteiger partial charge in [-0.3, -0.25) is 14.9 Å². The molecular weight excluding hydrogens is 236 g/mol. The summed E-state index contributed by atoms with van der Waals surface area (Å²) in [6.45, 7) is 6.68. The zero-order valence-electron chi connectivity index (χ0n) is 11.2. The highest BCUT2D eigenvalue weighted by atomic mass is 16.4. The molecule has 0 unspecified atom stereocenters. The van der Waals surface area contributed by atoms with Crippen LogP contribution in [-0.4, -0.2) is 29.6 Å². The van der Waals surface area contributed by atoms with Crippen molar-refractivity contribution in [2.75, 3.05) is 6.54 Å². The van der Waals surface area contributed by atoms with E-state index in [1.165, 1.54) is 0 Å². The lowest BCUT2D eigenvalue weighted by molar-refractivity contribution is -0.137. The van der Waals surface area contributed by atoms with Gasteiger partial charge in [0.2, 0.25) is 5.91 Å². The lowest BCUT2D eigenvalue weighted by atomic mass is 9.92. The van der Waals surface area contributed by atoms with Gasteiger partial charge in [-0.25, -0.2) is 4.79 Å². The van der Waals surface area contributed by atoms with Crippen LogP contribution in [0.3, 0.4) is 0 Å². The van der Waals surface area contributed by atoms with Gasteiger partial charge in [-0.05, 0) is 18.3 Å². The monoisotopic (exact) mass is 258 g/mol. The summed E-state index contributed by atoms with van der Waals surface area (Å²) in [6.07, 6.45) is 1.02. The molecule has 0 bridgehead atoms. The van der Waals surface area contributed by atoms with Gasteiger partial charge in [-0.1, -0.05) is 20.8 Å². The first-order valence-corrected chi connectivity index (χ1v) is 6.00. The second-order valence-corrected chi connectivity index (χ2v) is 5.36. The molecule has 0 saturated carbocycles. The number of carbonyl (C=O) groups is 3. The lowest BCUT2D eigenvalue weighted by Crippen LogP contribution is -2.40. The van der Waals surface area contributed by atoms with E-state index in [4.69, 9.17) is 5.11 Å². The van der Waals surface area contributed by atoms with Gasteiger partial charge in [-0.15, -0.1) is 0 Å². The zero-order valence-corrected chi connectivity index (χ0v) is 11.2. The van der Waals surface area contributed by atoms with Gasteiger partial charge in [-0.2, -0.15) is 0 Å². The summed E-state index contributed by atoms with van der Waals surface area (Å²) in [5.41, 5.74) is 0.124. The molecule has 0 aromatic rings. The van der Waals surface area contributed by atoms with Crippen LogP contribution < -0.4 is 10.6 Å². The molecule has 0 rings (SSSR count). The number of carboxylic acid groups (broad SMARTS) is 1. The molecule has 0 aliphatic carbocycles. The Bertz CT molecular complexity index is 308. The van der Waals surface area contributed by atoms with Crippen LogP contribution in [0.4, 0.5) is 4.79 Å². The summed E-state index contributed by atoms with van der Waals surface area (Å²) in [7, 11) is 0. The number of hydrogen-bond donors (Lipinski definition) is 3. The predicted octanol–water partition coefficient (Wildman–Crippen LogP) is 1.50. The van der Waals surface area contributed by atoms with Crippen LogP contribution in [0.15, 0.2) is 0 Å². The maximum absolute atomic E-state index is 11.3. The Hall–Kier alpha value is -1.59. The van der Waals surface area contributed by atoms with Crippen molar-refractivity contribution in [1.29, 1.82) is 0 Å². The summed E-state index contributed by atoms with van der Waals surface area (Å²) in [6, 6.07) is -0.528. The summed E-state index contributed by atoms with van der Waals surface area (Å²) in [5, 5.41) is 13.1. The molecule has 3 amide bonds. The molecular formula is C12H22N2O4. The van der Waals surface area contributed by atoms with E-state index < -0.39 is 17.9 Å². The van der Waals surface area contributed by atoms with Gasteiger partial charge < -0.3 is 10.4 Å². The van der Waals surface area contributed by atoms with Crippen molar-refractivity contribution in [3.63, 3.8) is 0 Å². The van der Waals surface area contributed by atoms with E-state index in [1.807, 2.05) is 0 Å². The highest BCUT2D eigenvalue weighted by Gasteiger charge is 2.12. The molecule has 0 aliphatic heterocycles. The fraction of sp³-hybridized carbons (Fsp3) is 0.750. The minimum absolute atomic E-state index is 0.0407. The number of amides is 3. The normalized spacial score (nSPS) is 10.8. The average Bonchev–Trinajstić information content (AvgIpc) is 2.14.